The van der Waals surface area contributed by atoms with Crippen molar-refractivity contribution in [3.05, 3.63) is 48.0 Å². The van der Waals surface area contributed by atoms with Crippen molar-refractivity contribution in [2.45, 2.75) is 12.5 Å². The average Bonchev–Trinajstić information content (AvgIpc) is 3.30. The number of anilines is 1. The average molecular weight is 358 g/mol. The van der Waals surface area contributed by atoms with Crippen LogP contribution < -0.4 is 4.90 Å². The summed E-state index contributed by atoms with van der Waals surface area (Å²) in [5, 5.41) is 6.53. The van der Waals surface area contributed by atoms with Crippen LogP contribution in [0.1, 0.15) is 18.1 Å². The molecule has 0 bridgehead atoms. The third kappa shape index (κ3) is 3.20. The minimum absolute atomic E-state index is 0.0611. The minimum Gasteiger partial charge on any atom is -0.370 e. The van der Waals surface area contributed by atoms with Gasteiger partial charge in [-0.2, -0.15) is 5.10 Å². The molecule has 2 atom stereocenters. The summed E-state index contributed by atoms with van der Waals surface area (Å²) in [4.78, 5) is 28.4. The van der Waals surface area contributed by atoms with Gasteiger partial charge in [0, 0.05) is 25.7 Å². The maximum Gasteiger partial charge on any atom is 0.228 e. The van der Waals surface area contributed by atoms with Crippen molar-refractivity contribution < 1.29 is 18.7 Å². The smallest absolute Gasteiger partial charge is 0.228 e. The Hall–Kier alpha value is -2.74. The first-order valence-electron chi connectivity index (χ1n) is 8.57. The Labute approximate surface area is 149 Å². The van der Waals surface area contributed by atoms with Gasteiger partial charge in [-0.3, -0.25) is 14.7 Å². The molecule has 136 valence electrons. The van der Waals surface area contributed by atoms with Gasteiger partial charge in [-0.25, -0.2) is 4.39 Å². The number of aromatic amines is 1. The molecule has 26 heavy (non-hydrogen) atoms. The van der Waals surface area contributed by atoms with Crippen LogP contribution in [0, 0.1) is 11.7 Å². The van der Waals surface area contributed by atoms with E-state index in [0.29, 0.717) is 37.5 Å². The molecule has 2 saturated heterocycles. The van der Waals surface area contributed by atoms with Gasteiger partial charge in [0.2, 0.25) is 11.8 Å². The summed E-state index contributed by atoms with van der Waals surface area (Å²) in [6, 6.07) is 6.23. The highest BCUT2D eigenvalue weighted by molar-refractivity contribution is 6.00. The van der Waals surface area contributed by atoms with E-state index in [1.165, 1.54) is 12.1 Å². The lowest BCUT2D eigenvalue weighted by Gasteiger charge is -2.34. The van der Waals surface area contributed by atoms with Crippen LogP contribution in [0.15, 0.2) is 36.7 Å². The zero-order chi connectivity index (χ0) is 18.1. The fourth-order valence-electron chi connectivity index (χ4n) is 3.53. The van der Waals surface area contributed by atoms with Crippen LogP contribution in [0.2, 0.25) is 0 Å². The Morgan fingerprint density at radius 2 is 2.23 bits per heavy atom. The Morgan fingerprint density at radius 3 is 3.00 bits per heavy atom. The Balaban J connectivity index is 1.44. The van der Waals surface area contributed by atoms with Crippen LogP contribution in [0.4, 0.5) is 10.1 Å². The zero-order valence-corrected chi connectivity index (χ0v) is 14.1. The summed E-state index contributed by atoms with van der Waals surface area (Å²) in [7, 11) is 0. The predicted octanol–water partition coefficient (Wildman–Crippen LogP) is 1.50. The van der Waals surface area contributed by atoms with Crippen molar-refractivity contribution in [2.24, 2.45) is 5.92 Å². The van der Waals surface area contributed by atoms with Gasteiger partial charge in [0.25, 0.3) is 0 Å². The molecule has 3 heterocycles. The van der Waals surface area contributed by atoms with Crippen molar-refractivity contribution in [1.82, 2.24) is 15.1 Å². The van der Waals surface area contributed by atoms with Gasteiger partial charge in [0.05, 0.1) is 31.0 Å². The van der Waals surface area contributed by atoms with Gasteiger partial charge in [-0.05, 0) is 17.7 Å². The molecule has 0 radical (unpaired) electrons. The lowest BCUT2D eigenvalue weighted by molar-refractivity contribution is -0.143. The number of carbonyl (C=O) groups excluding carboxylic acids is 2. The van der Waals surface area contributed by atoms with E-state index in [-0.39, 0.29) is 36.1 Å². The molecule has 2 aromatic rings. The summed E-state index contributed by atoms with van der Waals surface area (Å²) in [6.07, 6.45) is 3.04. The van der Waals surface area contributed by atoms with Crippen LogP contribution in [-0.4, -0.2) is 53.2 Å². The molecule has 1 aromatic carbocycles. The number of amides is 2. The normalized spacial score (nSPS) is 23.5. The first-order chi connectivity index (χ1) is 12.6. The minimum atomic E-state index is -0.386. The third-order valence-corrected chi connectivity index (χ3v) is 4.87. The van der Waals surface area contributed by atoms with Gasteiger partial charge < -0.3 is 14.5 Å². The number of hydrogen-bond acceptors (Lipinski definition) is 4. The second-order valence-corrected chi connectivity index (χ2v) is 6.56. The quantitative estimate of drug-likeness (QED) is 0.902. The molecule has 0 spiro atoms. The van der Waals surface area contributed by atoms with E-state index in [1.54, 1.807) is 34.3 Å². The number of aromatic nitrogens is 2. The SMILES string of the molecule is O=C(C1CC(=O)N(c2cn[nH]c2)C1)N1CCOC(c2cccc(F)c2)C1. The summed E-state index contributed by atoms with van der Waals surface area (Å²) in [5.41, 5.74) is 1.38. The van der Waals surface area contributed by atoms with Gasteiger partial charge in [-0.15, -0.1) is 0 Å². The summed E-state index contributed by atoms with van der Waals surface area (Å²) >= 11 is 0. The molecule has 2 aliphatic rings. The van der Waals surface area contributed by atoms with Gasteiger partial charge >= 0.3 is 0 Å². The number of benzene rings is 1. The van der Waals surface area contributed by atoms with Crippen LogP contribution in [-0.2, 0) is 14.3 Å². The topological polar surface area (TPSA) is 78.5 Å². The highest BCUT2D eigenvalue weighted by Crippen LogP contribution is 2.28. The highest BCUT2D eigenvalue weighted by Gasteiger charge is 2.39. The fraction of sp³-hybridized carbons (Fsp3) is 0.389. The highest BCUT2D eigenvalue weighted by atomic mass is 19.1. The molecule has 7 nitrogen and oxygen atoms in total. The first kappa shape index (κ1) is 16.7. The molecular weight excluding hydrogens is 339 g/mol. The number of hydrogen-bond donors (Lipinski definition) is 1. The number of morpholine rings is 1. The number of halogens is 1. The van der Waals surface area contributed by atoms with Crippen molar-refractivity contribution >= 4 is 17.5 Å². The van der Waals surface area contributed by atoms with E-state index in [1.807, 2.05) is 0 Å². The van der Waals surface area contributed by atoms with Crippen molar-refractivity contribution in [3.63, 3.8) is 0 Å². The van der Waals surface area contributed by atoms with E-state index in [4.69, 9.17) is 4.74 Å². The largest absolute Gasteiger partial charge is 0.370 e. The molecular formula is C18H19FN4O3. The maximum absolute atomic E-state index is 13.5. The second-order valence-electron chi connectivity index (χ2n) is 6.56. The van der Waals surface area contributed by atoms with E-state index >= 15 is 0 Å². The van der Waals surface area contributed by atoms with Gasteiger partial charge in [0.15, 0.2) is 0 Å². The van der Waals surface area contributed by atoms with Crippen LogP contribution in [0.3, 0.4) is 0 Å². The third-order valence-electron chi connectivity index (χ3n) is 4.87. The molecule has 2 unspecified atom stereocenters. The van der Waals surface area contributed by atoms with E-state index in [0.717, 1.165) is 0 Å². The predicted molar refractivity (Wildman–Crippen MR) is 90.7 cm³/mol. The zero-order valence-electron chi connectivity index (χ0n) is 14.1. The number of carbonyl (C=O) groups is 2. The fourth-order valence-corrected chi connectivity index (χ4v) is 3.53. The summed E-state index contributed by atoms with van der Waals surface area (Å²) < 4.78 is 19.2. The monoisotopic (exact) mass is 358 g/mol. The van der Waals surface area contributed by atoms with Gasteiger partial charge in [0.1, 0.15) is 11.9 Å². The lowest BCUT2D eigenvalue weighted by Crippen LogP contribution is -2.45. The molecule has 0 saturated carbocycles. The maximum atomic E-state index is 13.5. The van der Waals surface area contributed by atoms with Gasteiger partial charge in [-0.1, -0.05) is 12.1 Å². The number of nitrogens with zero attached hydrogens (tertiary/aromatic N) is 3. The lowest BCUT2D eigenvalue weighted by atomic mass is 10.0. The standard InChI is InChI=1S/C18H19FN4O3/c19-14-3-1-2-12(6-14)16-11-22(4-5-26-16)18(25)13-7-17(24)23(10-13)15-8-20-21-9-15/h1-3,6,8-9,13,16H,4-5,7,10-11H2,(H,20,21). The molecule has 8 heteroatoms. The van der Waals surface area contributed by atoms with Crippen molar-refractivity contribution in [2.75, 3.05) is 31.1 Å². The first-order valence-corrected chi connectivity index (χ1v) is 8.57. The number of nitrogens with one attached hydrogen (secondary N) is 1. The Kier molecular flexibility index (Phi) is 4.42. The van der Waals surface area contributed by atoms with Crippen molar-refractivity contribution in [1.29, 1.82) is 0 Å². The Bertz CT molecular complexity index is 811. The second kappa shape index (κ2) is 6.87. The van der Waals surface area contributed by atoms with Crippen molar-refractivity contribution in [3.8, 4) is 0 Å². The van der Waals surface area contributed by atoms with E-state index < -0.39 is 0 Å². The van der Waals surface area contributed by atoms with E-state index in [9.17, 15) is 14.0 Å². The van der Waals surface area contributed by atoms with Crippen LogP contribution >= 0.6 is 0 Å². The van der Waals surface area contributed by atoms with Crippen LogP contribution in [0.25, 0.3) is 0 Å². The molecule has 2 amide bonds. The number of ether oxygens (including phenoxy) is 1. The Morgan fingerprint density at radius 1 is 1.35 bits per heavy atom. The molecule has 4 rings (SSSR count). The van der Waals surface area contributed by atoms with E-state index in [2.05, 4.69) is 10.2 Å². The molecule has 2 aliphatic heterocycles. The summed E-state index contributed by atoms with van der Waals surface area (Å²) in [5.74, 6) is -0.857. The van der Waals surface area contributed by atoms with Crippen LogP contribution in [0.5, 0.6) is 0 Å². The molecule has 2 fully saturated rings. The molecule has 1 aromatic heterocycles. The molecule has 1 N–H and O–H groups in total. The molecule has 0 aliphatic carbocycles. The summed E-state index contributed by atoms with van der Waals surface area (Å²) in [6.45, 7) is 1.57. The number of H-pyrrole nitrogens is 1. The number of rotatable bonds is 3.